The molecule has 4 aromatic rings. The minimum Gasteiger partial charge on any atom is -0.487 e. The minimum absolute atomic E-state index is 0.00451. The zero-order valence-electron chi connectivity index (χ0n) is 18.8. The van der Waals surface area contributed by atoms with Gasteiger partial charge < -0.3 is 15.4 Å². The van der Waals surface area contributed by atoms with Gasteiger partial charge in [0, 0.05) is 29.7 Å². The molecular formula is C25H21F3N4O3. The number of fused-ring (bicyclic) bond motifs is 1. The van der Waals surface area contributed by atoms with Crippen LogP contribution in [0, 0.1) is 13.8 Å². The van der Waals surface area contributed by atoms with Crippen LogP contribution in [0.5, 0.6) is 5.75 Å². The molecule has 0 aliphatic rings. The Labute approximate surface area is 198 Å². The number of amides is 2. The van der Waals surface area contributed by atoms with E-state index in [1.54, 1.807) is 30.5 Å². The molecular weight excluding hydrogens is 461 g/mol. The Morgan fingerprint density at radius 2 is 1.71 bits per heavy atom. The molecule has 0 bridgehead atoms. The van der Waals surface area contributed by atoms with Gasteiger partial charge in [0.25, 0.3) is 5.56 Å². The van der Waals surface area contributed by atoms with Gasteiger partial charge in [0.2, 0.25) is 0 Å². The summed E-state index contributed by atoms with van der Waals surface area (Å²) < 4.78 is 46.0. The van der Waals surface area contributed by atoms with Gasteiger partial charge in [0.05, 0.1) is 11.3 Å². The number of urea groups is 1. The molecule has 0 saturated carbocycles. The number of hydrogen-bond acceptors (Lipinski definition) is 4. The van der Waals surface area contributed by atoms with E-state index in [1.807, 2.05) is 19.9 Å². The molecule has 0 aliphatic heterocycles. The van der Waals surface area contributed by atoms with Gasteiger partial charge in [0.15, 0.2) is 0 Å². The van der Waals surface area contributed by atoms with Crippen molar-refractivity contribution >= 4 is 23.1 Å². The first-order chi connectivity index (χ1) is 16.6. The molecule has 0 fully saturated rings. The fraction of sp³-hybridized carbons (Fsp3) is 0.160. The minimum atomic E-state index is -4.51. The number of ether oxygens (including phenoxy) is 1. The number of halogens is 3. The normalized spacial score (nSPS) is 11.3. The largest absolute Gasteiger partial charge is 0.487 e. The van der Waals surface area contributed by atoms with Crippen LogP contribution in [0.15, 0.2) is 71.7 Å². The van der Waals surface area contributed by atoms with Gasteiger partial charge >= 0.3 is 12.2 Å². The number of aromatic nitrogens is 2. The molecule has 0 spiro atoms. The molecule has 10 heteroatoms. The van der Waals surface area contributed by atoms with Gasteiger partial charge in [-0.05, 0) is 55.3 Å². The van der Waals surface area contributed by atoms with Crippen LogP contribution in [0.3, 0.4) is 0 Å². The number of hydrogen-bond donors (Lipinski definition) is 2. The van der Waals surface area contributed by atoms with E-state index in [4.69, 9.17) is 4.74 Å². The van der Waals surface area contributed by atoms with Crippen LogP contribution in [0.25, 0.3) is 5.65 Å². The summed E-state index contributed by atoms with van der Waals surface area (Å²) in [6.45, 7) is 3.70. The van der Waals surface area contributed by atoms with E-state index in [0.717, 1.165) is 23.3 Å². The lowest BCUT2D eigenvalue weighted by Crippen LogP contribution is -2.20. The topological polar surface area (TPSA) is 84.7 Å². The second-order valence-corrected chi connectivity index (χ2v) is 7.90. The Balaban J connectivity index is 1.46. The second kappa shape index (κ2) is 9.49. The van der Waals surface area contributed by atoms with Crippen molar-refractivity contribution < 1.29 is 22.7 Å². The number of benzene rings is 2. The zero-order valence-corrected chi connectivity index (χ0v) is 18.8. The van der Waals surface area contributed by atoms with Crippen LogP contribution in [-0.4, -0.2) is 15.4 Å². The first-order valence-electron chi connectivity index (χ1n) is 10.6. The Hall–Kier alpha value is -4.34. The Bertz CT molecular complexity index is 1460. The molecule has 2 heterocycles. The summed E-state index contributed by atoms with van der Waals surface area (Å²) >= 11 is 0. The third-order valence-corrected chi connectivity index (χ3v) is 5.21. The van der Waals surface area contributed by atoms with E-state index >= 15 is 0 Å². The summed E-state index contributed by atoms with van der Waals surface area (Å²) in [7, 11) is 0. The smallest absolute Gasteiger partial charge is 0.416 e. The van der Waals surface area contributed by atoms with Crippen molar-refractivity contribution in [1.82, 2.24) is 9.38 Å². The number of alkyl halides is 3. The summed E-state index contributed by atoms with van der Waals surface area (Å²) in [5.74, 6) is 0.452. The van der Waals surface area contributed by atoms with Crippen molar-refractivity contribution in [3.63, 3.8) is 0 Å². The van der Waals surface area contributed by atoms with Crippen molar-refractivity contribution in [1.29, 1.82) is 0 Å². The Kier molecular flexibility index (Phi) is 6.46. The highest BCUT2D eigenvalue weighted by atomic mass is 19.4. The second-order valence-electron chi connectivity index (χ2n) is 7.90. The van der Waals surface area contributed by atoms with Crippen molar-refractivity contribution in [2.45, 2.75) is 26.6 Å². The molecule has 2 aromatic carbocycles. The zero-order chi connectivity index (χ0) is 25.2. The van der Waals surface area contributed by atoms with Crippen LogP contribution in [0.1, 0.15) is 22.4 Å². The molecule has 0 radical (unpaired) electrons. The molecule has 0 saturated heterocycles. The average Bonchev–Trinajstić information content (AvgIpc) is 2.80. The maximum absolute atomic E-state index is 12.9. The van der Waals surface area contributed by atoms with Crippen LogP contribution in [0.2, 0.25) is 0 Å². The van der Waals surface area contributed by atoms with E-state index in [2.05, 4.69) is 15.6 Å². The molecule has 2 amide bonds. The van der Waals surface area contributed by atoms with Crippen LogP contribution < -0.4 is 20.9 Å². The van der Waals surface area contributed by atoms with Gasteiger partial charge in [-0.15, -0.1) is 0 Å². The first kappa shape index (κ1) is 23.8. The average molecular weight is 482 g/mol. The maximum atomic E-state index is 12.9. The van der Waals surface area contributed by atoms with E-state index < -0.39 is 17.8 Å². The standard InChI is InChI=1S/C25H21F3N4O3/c1-15-8-9-19(31-24(34)30-18-7-3-6-17(11-18)25(26,27)28)12-21(15)35-14-20-13-22(33)32-10-4-5-16(2)23(32)29-20/h3-13H,14H2,1-2H3,(H2,30,31,34). The highest BCUT2D eigenvalue weighted by Gasteiger charge is 2.30. The van der Waals surface area contributed by atoms with E-state index in [1.165, 1.54) is 22.6 Å². The SMILES string of the molecule is Cc1ccc(NC(=O)Nc2cccc(C(F)(F)F)c2)cc1OCc1cc(=O)n2cccc(C)c2n1. The van der Waals surface area contributed by atoms with E-state index in [9.17, 15) is 22.8 Å². The first-order valence-corrected chi connectivity index (χ1v) is 10.6. The highest BCUT2D eigenvalue weighted by molar-refractivity contribution is 5.99. The molecule has 180 valence electrons. The van der Waals surface area contributed by atoms with Gasteiger partial charge in [-0.3, -0.25) is 9.20 Å². The third-order valence-electron chi connectivity index (χ3n) is 5.21. The highest BCUT2D eigenvalue weighted by Crippen LogP contribution is 2.30. The lowest BCUT2D eigenvalue weighted by atomic mass is 10.2. The number of carbonyl (C=O) groups is 1. The fourth-order valence-corrected chi connectivity index (χ4v) is 3.43. The molecule has 4 rings (SSSR count). The van der Waals surface area contributed by atoms with Crippen molar-refractivity contribution in [2.24, 2.45) is 0 Å². The molecule has 0 unspecified atom stereocenters. The number of pyridine rings is 1. The summed E-state index contributed by atoms with van der Waals surface area (Å²) in [5, 5.41) is 4.96. The molecule has 2 aromatic heterocycles. The van der Waals surface area contributed by atoms with Crippen LogP contribution in [-0.2, 0) is 12.8 Å². The summed E-state index contributed by atoms with van der Waals surface area (Å²) in [6, 6.07) is 13.6. The van der Waals surface area contributed by atoms with Gasteiger partial charge in [0.1, 0.15) is 18.0 Å². The molecule has 7 nitrogen and oxygen atoms in total. The quantitative estimate of drug-likeness (QED) is 0.391. The van der Waals surface area contributed by atoms with Gasteiger partial charge in [-0.2, -0.15) is 13.2 Å². The number of nitrogens with one attached hydrogen (secondary N) is 2. The third kappa shape index (κ3) is 5.60. The van der Waals surface area contributed by atoms with Gasteiger partial charge in [-0.25, -0.2) is 9.78 Å². The fourth-order valence-electron chi connectivity index (χ4n) is 3.43. The lowest BCUT2D eigenvalue weighted by molar-refractivity contribution is -0.137. The number of anilines is 2. The predicted molar refractivity (Wildman–Crippen MR) is 126 cm³/mol. The van der Waals surface area contributed by atoms with Crippen molar-refractivity contribution in [2.75, 3.05) is 10.6 Å². The molecule has 2 N–H and O–H groups in total. The number of aryl methyl sites for hydroxylation is 2. The number of rotatable bonds is 5. The van der Waals surface area contributed by atoms with E-state index in [0.29, 0.717) is 22.8 Å². The molecule has 35 heavy (non-hydrogen) atoms. The predicted octanol–water partition coefficient (Wildman–Crippen LogP) is 5.55. The molecule has 0 aliphatic carbocycles. The Morgan fingerprint density at radius 1 is 0.971 bits per heavy atom. The number of nitrogens with zero attached hydrogens (tertiary/aromatic N) is 2. The lowest BCUT2D eigenvalue weighted by Gasteiger charge is -2.13. The summed E-state index contributed by atoms with van der Waals surface area (Å²) in [6.07, 6.45) is -2.87. The monoisotopic (exact) mass is 482 g/mol. The Morgan fingerprint density at radius 3 is 2.46 bits per heavy atom. The van der Waals surface area contributed by atoms with E-state index in [-0.39, 0.29) is 17.9 Å². The summed E-state index contributed by atoms with van der Waals surface area (Å²) in [4.78, 5) is 29.2. The van der Waals surface area contributed by atoms with Crippen LogP contribution >= 0.6 is 0 Å². The van der Waals surface area contributed by atoms with Crippen molar-refractivity contribution in [3.8, 4) is 5.75 Å². The molecule has 0 atom stereocenters. The van der Waals surface area contributed by atoms with Crippen LogP contribution in [0.4, 0.5) is 29.3 Å². The summed E-state index contributed by atoms with van der Waals surface area (Å²) in [5.41, 5.74) is 1.90. The van der Waals surface area contributed by atoms with Gasteiger partial charge in [-0.1, -0.05) is 18.2 Å². The maximum Gasteiger partial charge on any atom is 0.416 e. The number of carbonyl (C=O) groups excluding carboxylic acids is 1. The van der Waals surface area contributed by atoms with Crippen molar-refractivity contribution in [3.05, 3.63) is 99.6 Å².